The highest BCUT2D eigenvalue weighted by Crippen LogP contribution is 2.30. The summed E-state index contributed by atoms with van der Waals surface area (Å²) in [5.41, 5.74) is -0.577. The van der Waals surface area contributed by atoms with Crippen molar-refractivity contribution in [2.24, 2.45) is 0 Å². The lowest BCUT2D eigenvalue weighted by molar-refractivity contribution is -0.0849. The van der Waals surface area contributed by atoms with E-state index in [1.807, 2.05) is 0 Å². The Morgan fingerprint density at radius 2 is 2.27 bits per heavy atom. The molecule has 15 heavy (non-hydrogen) atoms. The molecule has 2 heteroatoms. The molecule has 1 aliphatic carbocycles. The fourth-order valence-electron chi connectivity index (χ4n) is 2.04. The predicted molar refractivity (Wildman–Crippen MR) is 61.5 cm³/mol. The fourth-order valence-corrected chi connectivity index (χ4v) is 2.04. The van der Waals surface area contributed by atoms with Gasteiger partial charge in [-0.25, -0.2) is 0 Å². The Balaban J connectivity index is 2.60. The van der Waals surface area contributed by atoms with Gasteiger partial charge in [0.05, 0.1) is 6.10 Å². The molecule has 1 N–H and O–H groups in total. The molecule has 0 amide bonds. The maximum atomic E-state index is 9.95. The van der Waals surface area contributed by atoms with Gasteiger partial charge in [-0.15, -0.1) is 5.92 Å². The third-order valence-corrected chi connectivity index (χ3v) is 3.13. The predicted octanol–water partition coefficient (Wildman–Crippen LogP) is 2.50. The van der Waals surface area contributed by atoms with E-state index in [9.17, 15) is 5.11 Å². The molecule has 1 aliphatic rings. The van der Waals surface area contributed by atoms with Crippen molar-refractivity contribution in [3.05, 3.63) is 0 Å². The minimum Gasteiger partial charge on any atom is -0.389 e. The van der Waals surface area contributed by atoms with Gasteiger partial charge >= 0.3 is 0 Å². The lowest BCUT2D eigenvalue weighted by atomic mass is 9.82. The van der Waals surface area contributed by atoms with Crippen LogP contribution in [0.2, 0.25) is 0 Å². The van der Waals surface area contributed by atoms with Crippen LogP contribution >= 0.6 is 0 Å². The Hall–Kier alpha value is -0.520. The first-order valence-corrected chi connectivity index (χ1v) is 5.98. The van der Waals surface area contributed by atoms with Crippen LogP contribution in [-0.4, -0.2) is 23.9 Å². The lowest BCUT2D eigenvalue weighted by Crippen LogP contribution is -2.45. The Morgan fingerprint density at radius 3 is 2.87 bits per heavy atom. The molecule has 0 spiro atoms. The number of hydrogen-bond acceptors (Lipinski definition) is 2. The SMILES string of the molecule is CCCCC#CC1(OC)CCCCC1O. The number of rotatable bonds is 3. The monoisotopic (exact) mass is 210 g/mol. The van der Waals surface area contributed by atoms with Gasteiger partial charge in [0, 0.05) is 13.5 Å². The van der Waals surface area contributed by atoms with Gasteiger partial charge in [-0.1, -0.05) is 25.7 Å². The van der Waals surface area contributed by atoms with E-state index in [0.29, 0.717) is 0 Å². The number of unbranched alkanes of at least 4 members (excludes halogenated alkanes) is 2. The van der Waals surface area contributed by atoms with Crippen LogP contribution in [0.4, 0.5) is 0 Å². The van der Waals surface area contributed by atoms with E-state index in [4.69, 9.17) is 4.74 Å². The van der Waals surface area contributed by atoms with Crippen LogP contribution in [0, 0.1) is 11.8 Å². The highest BCUT2D eigenvalue weighted by molar-refractivity contribution is 5.18. The van der Waals surface area contributed by atoms with E-state index in [1.165, 1.54) is 0 Å². The van der Waals surface area contributed by atoms with Gasteiger partial charge in [0.2, 0.25) is 0 Å². The molecular weight excluding hydrogens is 188 g/mol. The maximum absolute atomic E-state index is 9.95. The normalized spacial score (nSPS) is 30.7. The van der Waals surface area contributed by atoms with Crippen molar-refractivity contribution in [3.8, 4) is 11.8 Å². The van der Waals surface area contributed by atoms with Crippen LogP contribution < -0.4 is 0 Å². The first kappa shape index (κ1) is 12.5. The largest absolute Gasteiger partial charge is 0.389 e. The van der Waals surface area contributed by atoms with E-state index < -0.39 is 11.7 Å². The van der Waals surface area contributed by atoms with E-state index in [-0.39, 0.29) is 0 Å². The minimum atomic E-state index is -0.577. The van der Waals surface area contributed by atoms with Gasteiger partial charge in [0.15, 0.2) is 5.60 Å². The maximum Gasteiger partial charge on any atom is 0.153 e. The smallest absolute Gasteiger partial charge is 0.153 e. The summed E-state index contributed by atoms with van der Waals surface area (Å²) in [6, 6.07) is 0. The summed E-state index contributed by atoms with van der Waals surface area (Å²) >= 11 is 0. The molecule has 0 aromatic rings. The van der Waals surface area contributed by atoms with Crippen molar-refractivity contribution in [2.45, 2.75) is 63.6 Å². The summed E-state index contributed by atoms with van der Waals surface area (Å²) in [6.07, 6.45) is 6.66. The zero-order chi connectivity index (χ0) is 11.1. The van der Waals surface area contributed by atoms with Crippen LogP contribution in [0.1, 0.15) is 51.9 Å². The zero-order valence-electron chi connectivity index (χ0n) is 9.88. The van der Waals surface area contributed by atoms with Crippen LogP contribution in [-0.2, 0) is 4.74 Å². The Kier molecular flexibility index (Phi) is 5.14. The van der Waals surface area contributed by atoms with E-state index in [0.717, 1.165) is 44.9 Å². The number of hydrogen-bond donors (Lipinski definition) is 1. The van der Waals surface area contributed by atoms with Crippen LogP contribution in [0.15, 0.2) is 0 Å². The summed E-state index contributed by atoms with van der Waals surface area (Å²) in [4.78, 5) is 0. The van der Waals surface area contributed by atoms with Gasteiger partial charge < -0.3 is 9.84 Å². The molecule has 2 nitrogen and oxygen atoms in total. The summed E-state index contributed by atoms with van der Waals surface area (Å²) in [5.74, 6) is 6.29. The standard InChI is InChI=1S/C13H22O2/c1-3-4-5-7-10-13(15-2)11-8-6-9-12(13)14/h12,14H,3-6,8-9,11H2,1-2H3. The average Bonchev–Trinajstić information content (AvgIpc) is 2.27. The van der Waals surface area contributed by atoms with Crippen molar-refractivity contribution in [3.63, 3.8) is 0 Å². The molecule has 1 saturated carbocycles. The van der Waals surface area contributed by atoms with Gasteiger partial charge in [-0.2, -0.15) is 0 Å². The van der Waals surface area contributed by atoms with Crippen molar-refractivity contribution < 1.29 is 9.84 Å². The van der Waals surface area contributed by atoms with Crippen molar-refractivity contribution in [1.29, 1.82) is 0 Å². The first-order chi connectivity index (χ1) is 7.25. The van der Waals surface area contributed by atoms with E-state index in [1.54, 1.807) is 7.11 Å². The zero-order valence-corrected chi connectivity index (χ0v) is 9.88. The Morgan fingerprint density at radius 1 is 1.47 bits per heavy atom. The summed E-state index contributed by atoms with van der Waals surface area (Å²) < 4.78 is 5.45. The van der Waals surface area contributed by atoms with Gasteiger partial charge in [0.1, 0.15) is 0 Å². The third kappa shape index (κ3) is 3.22. The molecule has 1 rings (SSSR count). The molecule has 0 bridgehead atoms. The highest BCUT2D eigenvalue weighted by Gasteiger charge is 2.38. The fraction of sp³-hybridized carbons (Fsp3) is 0.846. The third-order valence-electron chi connectivity index (χ3n) is 3.13. The molecule has 1 fully saturated rings. The molecule has 86 valence electrons. The van der Waals surface area contributed by atoms with Crippen LogP contribution in [0.3, 0.4) is 0 Å². The number of aliphatic hydroxyl groups is 1. The molecule has 0 radical (unpaired) electrons. The van der Waals surface area contributed by atoms with Crippen molar-refractivity contribution in [2.75, 3.05) is 7.11 Å². The Bertz CT molecular complexity index is 239. The second-order valence-corrected chi connectivity index (χ2v) is 4.26. The van der Waals surface area contributed by atoms with E-state index in [2.05, 4.69) is 18.8 Å². The summed E-state index contributed by atoms with van der Waals surface area (Å²) in [5, 5.41) is 9.95. The van der Waals surface area contributed by atoms with Crippen molar-refractivity contribution >= 4 is 0 Å². The molecule has 0 aromatic heterocycles. The summed E-state index contributed by atoms with van der Waals surface area (Å²) in [6.45, 7) is 2.16. The van der Waals surface area contributed by atoms with Gasteiger partial charge in [-0.3, -0.25) is 0 Å². The minimum absolute atomic E-state index is 0.412. The number of ether oxygens (including phenoxy) is 1. The molecule has 0 heterocycles. The number of aliphatic hydroxyl groups excluding tert-OH is 1. The highest BCUT2D eigenvalue weighted by atomic mass is 16.5. The second kappa shape index (κ2) is 6.15. The molecular formula is C13H22O2. The van der Waals surface area contributed by atoms with Crippen LogP contribution in [0.5, 0.6) is 0 Å². The van der Waals surface area contributed by atoms with Gasteiger partial charge in [-0.05, 0) is 25.7 Å². The van der Waals surface area contributed by atoms with E-state index >= 15 is 0 Å². The van der Waals surface area contributed by atoms with Crippen molar-refractivity contribution in [1.82, 2.24) is 0 Å². The first-order valence-electron chi connectivity index (χ1n) is 5.98. The van der Waals surface area contributed by atoms with Gasteiger partial charge in [0.25, 0.3) is 0 Å². The topological polar surface area (TPSA) is 29.5 Å². The quantitative estimate of drug-likeness (QED) is 0.573. The molecule has 2 unspecified atom stereocenters. The number of methoxy groups -OCH3 is 1. The molecule has 0 aromatic carbocycles. The van der Waals surface area contributed by atoms with Crippen LogP contribution in [0.25, 0.3) is 0 Å². The Labute approximate surface area is 93.0 Å². The summed E-state index contributed by atoms with van der Waals surface area (Å²) in [7, 11) is 1.66. The second-order valence-electron chi connectivity index (χ2n) is 4.26. The average molecular weight is 210 g/mol. The molecule has 0 aliphatic heterocycles. The lowest BCUT2D eigenvalue weighted by Gasteiger charge is -2.35. The molecule has 2 atom stereocenters. The molecule has 0 saturated heterocycles.